The molecule has 0 atom stereocenters. The van der Waals surface area contributed by atoms with Crippen LogP contribution in [0.5, 0.6) is 5.75 Å². The van der Waals surface area contributed by atoms with Crippen LogP contribution < -0.4 is 14.4 Å². The largest absolute Gasteiger partial charge is 0.490 e. The second-order valence-electron chi connectivity index (χ2n) is 6.00. The Morgan fingerprint density at radius 3 is 2.50 bits per heavy atom. The predicted molar refractivity (Wildman–Crippen MR) is 109 cm³/mol. The first-order valence-corrected chi connectivity index (χ1v) is 10.6. The number of para-hydroxylation sites is 1. The van der Waals surface area contributed by atoms with Crippen LogP contribution in [0.1, 0.15) is 17.3 Å². The summed E-state index contributed by atoms with van der Waals surface area (Å²) in [4.78, 5) is 23.7. The summed E-state index contributed by atoms with van der Waals surface area (Å²) in [7, 11) is -3.72. The van der Waals surface area contributed by atoms with E-state index in [1.807, 2.05) is 0 Å². The first kappa shape index (κ1) is 21.7. The Kier molecular flexibility index (Phi) is 7.42. The molecule has 0 aromatic heterocycles. The third kappa shape index (κ3) is 6.24. The molecular weight excluding hydrogens is 404 g/mol. The molecule has 0 saturated heterocycles. The lowest BCUT2D eigenvalue weighted by Crippen LogP contribution is -2.41. The van der Waals surface area contributed by atoms with Crippen LogP contribution >= 0.6 is 11.6 Å². The Morgan fingerprint density at radius 2 is 1.86 bits per heavy atom. The van der Waals surface area contributed by atoms with Gasteiger partial charge in [-0.1, -0.05) is 35.9 Å². The van der Waals surface area contributed by atoms with Gasteiger partial charge in [0.1, 0.15) is 18.9 Å². The van der Waals surface area contributed by atoms with Gasteiger partial charge in [-0.25, -0.2) is 8.42 Å². The van der Waals surface area contributed by atoms with Gasteiger partial charge in [-0.3, -0.25) is 13.9 Å². The summed E-state index contributed by atoms with van der Waals surface area (Å²) in [5, 5.41) is 3.06. The van der Waals surface area contributed by atoms with Gasteiger partial charge < -0.3 is 10.1 Å². The number of ether oxygens (including phenoxy) is 1. The van der Waals surface area contributed by atoms with Crippen molar-refractivity contribution in [3.8, 4) is 5.75 Å². The second kappa shape index (κ2) is 9.57. The predicted octanol–water partition coefficient (Wildman–Crippen LogP) is 2.50. The number of carbonyl (C=O) groups excluding carboxylic acids is 2. The molecule has 150 valence electrons. The van der Waals surface area contributed by atoms with Crippen molar-refractivity contribution in [2.45, 2.75) is 6.92 Å². The summed E-state index contributed by atoms with van der Waals surface area (Å²) in [5.41, 5.74) is 0.609. The summed E-state index contributed by atoms with van der Waals surface area (Å²) in [6.45, 7) is 1.32. The third-order valence-electron chi connectivity index (χ3n) is 3.75. The van der Waals surface area contributed by atoms with Crippen molar-refractivity contribution in [1.82, 2.24) is 5.32 Å². The van der Waals surface area contributed by atoms with Gasteiger partial charge >= 0.3 is 0 Å². The van der Waals surface area contributed by atoms with Gasteiger partial charge in [-0.2, -0.15) is 0 Å². The summed E-state index contributed by atoms with van der Waals surface area (Å²) in [6, 6.07) is 13.1. The van der Waals surface area contributed by atoms with E-state index in [0.29, 0.717) is 16.3 Å². The molecule has 0 bridgehead atoms. The van der Waals surface area contributed by atoms with E-state index in [2.05, 4.69) is 5.32 Å². The van der Waals surface area contributed by atoms with Gasteiger partial charge in [-0.05, 0) is 31.2 Å². The minimum Gasteiger partial charge on any atom is -0.490 e. The van der Waals surface area contributed by atoms with Crippen molar-refractivity contribution < 1.29 is 22.7 Å². The second-order valence-corrected chi connectivity index (χ2v) is 8.32. The van der Waals surface area contributed by atoms with Gasteiger partial charge in [0.25, 0.3) is 0 Å². The quantitative estimate of drug-likeness (QED) is 0.493. The minimum absolute atomic E-state index is 0.175. The molecule has 0 aliphatic heterocycles. The van der Waals surface area contributed by atoms with Crippen molar-refractivity contribution in [1.29, 1.82) is 0 Å². The van der Waals surface area contributed by atoms with Crippen molar-refractivity contribution in [3.63, 3.8) is 0 Å². The number of halogens is 1. The number of rotatable bonds is 9. The van der Waals surface area contributed by atoms with Gasteiger partial charge in [0, 0.05) is 5.56 Å². The Bertz CT molecular complexity index is 962. The lowest BCUT2D eigenvalue weighted by Gasteiger charge is -2.22. The highest BCUT2D eigenvalue weighted by Crippen LogP contribution is 2.22. The molecule has 0 unspecified atom stereocenters. The number of nitrogens with one attached hydrogen (secondary N) is 1. The molecule has 7 nitrogen and oxygen atoms in total. The van der Waals surface area contributed by atoms with Gasteiger partial charge in [-0.15, -0.1) is 0 Å². The van der Waals surface area contributed by atoms with E-state index in [0.717, 1.165) is 10.6 Å². The van der Waals surface area contributed by atoms with Crippen LogP contribution in [0, 0.1) is 0 Å². The number of ketones is 1. The smallest absolute Gasteiger partial charge is 0.240 e. The van der Waals surface area contributed by atoms with Crippen LogP contribution in [0.25, 0.3) is 0 Å². The van der Waals surface area contributed by atoms with E-state index >= 15 is 0 Å². The zero-order valence-electron chi connectivity index (χ0n) is 15.5. The van der Waals surface area contributed by atoms with Crippen molar-refractivity contribution in [2.75, 3.05) is 30.3 Å². The zero-order valence-corrected chi connectivity index (χ0v) is 17.1. The fourth-order valence-corrected chi connectivity index (χ4v) is 3.42. The summed E-state index contributed by atoms with van der Waals surface area (Å²) in [5.74, 6) is -0.199. The van der Waals surface area contributed by atoms with Crippen LogP contribution in [-0.2, 0) is 14.8 Å². The molecule has 0 fully saturated rings. The van der Waals surface area contributed by atoms with Gasteiger partial charge in [0.2, 0.25) is 15.9 Å². The molecule has 0 spiro atoms. The van der Waals surface area contributed by atoms with E-state index in [1.165, 1.54) is 19.1 Å². The van der Waals surface area contributed by atoms with Crippen LogP contribution in [0.15, 0.2) is 48.5 Å². The maximum atomic E-state index is 12.2. The number of carbonyl (C=O) groups is 2. The SMILES string of the molecule is CC(=O)c1cccc(N(CC(=O)NCCOc2ccccc2Cl)S(C)(=O)=O)c1. The van der Waals surface area contributed by atoms with E-state index in [4.69, 9.17) is 16.3 Å². The number of amides is 1. The Morgan fingerprint density at radius 1 is 1.14 bits per heavy atom. The normalized spacial score (nSPS) is 11.0. The van der Waals surface area contributed by atoms with E-state index in [-0.39, 0.29) is 24.6 Å². The molecule has 2 aromatic carbocycles. The molecule has 1 N–H and O–H groups in total. The highest BCUT2D eigenvalue weighted by atomic mass is 35.5. The first-order valence-electron chi connectivity index (χ1n) is 8.41. The lowest BCUT2D eigenvalue weighted by molar-refractivity contribution is -0.119. The summed E-state index contributed by atoms with van der Waals surface area (Å²) < 4.78 is 30.7. The molecule has 28 heavy (non-hydrogen) atoms. The number of hydrogen-bond donors (Lipinski definition) is 1. The van der Waals surface area contributed by atoms with Gasteiger partial charge in [0.15, 0.2) is 5.78 Å². The van der Waals surface area contributed by atoms with Crippen LogP contribution in [0.2, 0.25) is 5.02 Å². The highest BCUT2D eigenvalue weighted by Gasteiger charge is 2.21. The fraction of sp³-hybridized carbons (Fsp3) is 0.263. The average Bonchev–Trinajstić information content (AvgIpc) is 2.63. The molecule has 0 aliphatic rings. The maximum absolute atomic E-state index is 12.2. The Labute approximate surface area is 169 Å². The number of sulfonamides is 1. The topological polar surface area (TPSA) is 92.8 Å². The molecule has 2 aromatic rings. The number of benzene rings is 2. The molecule has 9 heteroatoms. The fourth-order valence-electron chi connectivity index (χ4n) is 2.38. The number of nitrogens with zero attached hydrogens (tertiary/aromatic N) is 1. The van der Waals surface area contributed by atoms with Crippen LogP contribution in [0.3, 0.4) is 0 Å². The average molecular weight is 425 g/mol. The molecule has 0 saturated carbocycles. The number of Topliss-reactive ketones (excluding diaryl/α,β-unsaturated/α-hetero) is 1. The van der Waals surface area contributed by atoms with Gasteiger partial charge in [0.05, 0.1) is 23.5 Å². The monoisotopic (exact) mass is 424 g/mol. The van der Waals surface area contributed by atoms with Crippen molar-refractivity contribution >= 4 is 39.0 Å². The molecule has 0 radical (unpaired) electrons. The van der Waals surface area contributed by atoms with Crippen LogP contribution in [0.4, 0.5) is 5.69 Å². The Balaban J connectivity index is 1.97. The standard InChI is InChI=1S/C19H21ClN2O5S/c1-14(23)15-6-5-7-16(12-15)22(28(2,25)26)13-19(24)21-10-11-27-18-9-4-3-8-17(18)20/h3-9,12H,10-11,13H2,1-2H3,(H,21,24). The summed E-state index contributed by atoms with van der Waals surface area (Å²) >= 11 is 5.98. The summed E-state index contributed by atoms with van der Waals surface area (Å²) in [6.07, 6.45) is 1.00. The molecule has 2 rings (SSSR count). The Hall–Kier alpha value is -2.58. The zero-order chi connectivity index (χ0) is 20.7. The molecule has 1 amide bonds. The third-order valence-corrected chi connectivity index (χ3v) is 5.20. The minimum atomic E-state index is -3.72. The van der Waals surface area contributed by atoms with E-state index < -0.39 is 22.5 Å². The number of hydrogen-bond acceptors (Lipinski definition) is 5. The first-order chi connectivity index (χ1) is 13.2. The molecular formula is C19H21ClN2O5S. The van der Waals surface area contributed by atoms with Crippen LogP contribution in [-0.4, -0.2) is 46.1 Å². The lowest BCUT2D eigenvalue weighted by atomic mass is 10.1. The molecule has 0 heterocycles. The van der Waals surface area contributed by atoms with Crippen molar-refractivity contribution in [2.24, 2.45) is 0 Å². The van der Waals surface area contributed by atoms with Crippen molar-refractivity contribution in [3.05, 3.63) is 59.1 Å². The molecule has 0 aliphatic carbocycles. The number of anilines is 1. The highest BCUT2D eigenvalue weighted by molar-refractivity contribution is 7.92. The van der Waals surface area contributed by atoms with E-state index in [9.17, 15) is 18.0 Å². The maximum Gasteiger partial charge on any atom is 0.240 e. The van der Waals surface area contributed by atoms with E-state index in [1.54, 1.807) is 36.4 Å².